The summed E-state index contributed by atoms with van der Waals surface area (Å²) in [4.78, 5) is 14.1. The third-order valence-corrected chi connectivity index (χ3v) is 3.87. The highest BCUT2D eigenvalue weighted by Crippen LogP contribution is 2.22. The summed E-state index contributed by atoms with van der Waals surface area (Å²) in [6.07, 6.45) is 1.13. The Kier molecular flexibility index (Phi) is 6.54. The maximum atomic E-state index is 12.4. The lowest BCUT2D eigenvalue weighted by molar-refractivity contribution is -0.0915. The molecule has 1 aliphatic heterocycles. The SMILES string of the molecule is COC(CNc1nnnn1C[C@@H]1CCCN1C(=O)OC(C)(C)C)OC. The third-order valence-electron chi connectivity index (χ3n) is 3.87. The number of nitrogens with one attached hydrogen (secondary N) is 1. The van der Waals surface area contributed by atoms with E-state index in [-0.39, 0.29) is 12.1 Å². The van der Waals surface area contributed by atoms with Gasteiger partial charge in [-0.15, -0.1) is 0 Å². The van der Waals surface area contributed by atoms with Crippen molar-refractivity contribution in [1.29, 1.82) is 0 Å². The van der Waals surface area contributed by atoms with Crippen LogP contribution in [0, 0.1) is 0 Å². The van der Waals surface area contributed by atoms with Crippen molar-refractivity contribution in [3.8, 4) is 0 Å². The minimum atomic E-state index is -0.513. The van der Waals surface area contributed by atoms with Crippen molar-refractivity contribution < 1.29 is 19.0 Å². The molecule has 1 N–H and O–H groups in total. The molecule has 10 nitrogen and oxygen atoms in total. The molecule has 10 heteroatoms. The number of aromatic nitrogens is 4. The Morgan fingerprint density at radius 1 is 1.36 bits per heavy atom. The third kappa shape index (κ3) is 5.53. The molecule has 1 amide bonds. The second kappa shape index (κ2) is 8.43. The second-order valence-electron chi connectivity index (χ2n) is 6.94. The highest BCUT2D eigenvalue weighted by molar-refractivity contribution is 5.68. The lowest BCUT2D eigenvalue weighted by Gasteiger charge is -2.28. The van der Waals surface area contributed by atoms with Gasteiger partial charge in [-0.25, -0.2) is 9.48 Å². The molecule has 1 fully saturated rings. The van der Waals surface area contributed by atoms with Crippen LogP contribution >= 0.6 is 0 Å². The van der Waals surface area contributed by atoms with Gasteiger partial charge < -0.3 is 24.4 Å². The van der Waals surface area contributed by atoms with E-state index in [2.05, 4.69) is 20.8 Å². The van der Waals surface area contributed by atoms with Crippen LogP contribution in [0.25, 0.3) is 0 Å². The highest BCUT2D eigenvalue weighted by atomic mass is 16.7. The van der Waals surface area contributed by atoms with Crippen molar-refractivity contribution in [2.45, 2.75) is 58.1 Å². The first-order valence-corrected chi connectivity index (χ1v) is 8.39. The number of likely N-dealkylation sites (tertiary alicyclic amines) is 1. The van der Waals surface area contributed by atoms with Gasteiger partial charge in [0.2, 0.25) is 5.95 Å². The smallest absolute Gasteiger partial charge is 0.410 e. The first-order valence-electron chi connectivity index (χ1n) is 8.39. The second-order valence-corrected chi connectivity index (χ2v) is 6.94. The van der Waals surface area contributed by atoms with E-state index in [1.165, 1.54) is 0 Å². The van der Waals surface area contributed by atoms with Gasteiger partial charge in [0.15, 0.2) is 6.29 Å². The van der Waals surface area contributed by atoms with Gasteiger partial charge in [-0.2, -0.15) is 0 Å². The van der Waals surface area contributed by atoms with Crippen LogP contribution in [0.2, 0.25) is 0 Å². The van der Waals surface area contributed by atoms with E-state index in [0.717, 1.165) is 12.8 Å². The van der Waals surface area contributed by atoms with E-state index < -0.39 is 11.9 Å². The van der Waals surface area contributed by atoms with Gasteiger partial charge in [0.25, 0.3) is 0 Å². The first-order chi connectivity index (χ1) is 11.8. The number of hydrogen-bond donors (Lipinski definition) is 1. The molecule has 0 spiro atoms. The number of nitrogens with zero attached hydrogens (tertiary/aromatic N) is 5. The van der Waals surface area contributed by atoms with Crippen LogP contribution in [-0.4, -0.2) is 76.4 Å². The normalized spacial score (nSPS) is 18.0. The van der Waals surface area contributed by atoms with Crippen LogP contribution in [0.1, 0.15) is 33.6 Å². The van der Waals surface area contributed by atoms with Crippen LogP contribution < -0.4 is 5.32 Å². The lowest BCUT2D eigenvalue weighted by atomic mass is 10.2. The number of carbonyl (C=O) groups is 1. The molecule has 142 valence electrons. The van der Waals surface area contributed by atoms with E-state index in [9.17, 15) is 4.79 Å². The minimum Gasteiger partial charge on any atom is -0.444 e. The summed E-state index contributed by atoms with van der Waals surface area (Å²) < 4.78 is 17.4. The Bertz CT molecular complexity index is 554. The van der Waals surface area contributed by atoms with Crippen LogP contribution in [0.3, 0.4) is 0 Å². The van der Waals surface area contributed by atoms with Gasteiger partial charge in [-0.05, 0) is 44.0 Å². The molecule has 0 unspecified atom stereocenters. The Hall–Kier alpha value is -1.94. The summed E-state index contributed by atoms with van der Waals surface area (Å²) >= 11 is 0. The summed E-state index contributed by atoms with van der Waals surface area (Å²) in [5.74, 6) is 0.509. The molecule has 0 aromatic carbocycles. The van der Waals surface area contributed by atoms with Gasteiger partial charge >= 0.3 is 6.09 Å². The predicted molar refractivity (Wildman–Crippen MR) is 90.1 cm³/mol. The molecule has 1 atom stereocenters. The van der Waals surface area contributed by atoms with Crippen LogP contribution in [0.5, 0.6) is 0 Å². The number of tetrazole rings is 1. The van der Waals surface area contributed by atoms with Crippen molar-refractivity contribution in [2.24, 2.45) is 0 Å². The van der Waals surface area contributed by atoms with E-state index in [1.54, 1.807) is 23.8 Å². The fraction of sp³-hybridized carbons (Fsp3) is 0.867. The van der Waals surface area contributed by atoms with Gasteiger partial charge in [0.1, 0.15) is 5.60 Å². The highest BCUT2D eigenvalue weighted by Gasteiger charge is 2.33. The average Bonchev–Trinajstić information content (AvgIpc) is 3.17. The molecule has 2 heterocycles. The van der Waals surface area contributed by atoms with E-state index in [0.29, 0.717) is 25.6 Å². The lowest BCUT2D eigenvalue weighted by Crippen LogP contribution is -2.41. The van der Waals surface area contributed by atoms with Gasteiger partial charge in [0.05, 0.1) is 19.1 Å². The topological polar surface area (TPSA) is 104 Å². The van der Waals surface area contributed by atoms with Crippen LogP contribution in [-0.2, 0) is 20.8 Å². The Morgan fingerprint density at radius 3 is 2.72 bits per heavy atom. The number of anilines is 1. The Balaban J connectivity index is 1.97. The van der Waals surface area contributed by atoms with Crippen molar-refractivity contribution in [1.82, 2.24) is 25.1 Å². The summed E-state index contributed by atoms with van der Waals surface area (Å²) in [7, 11) is 3.13. The number of methoxy groups -OCH3 is 2. The Morgan fingerprint density at radius 2 is 2.08 bits per heavy atom. The van der Waals surface area contributed by atoms with Crippen LogP contribution in [0.4, 0.5) is 10.7 Å². The molecule has 25 heavy (non-hydrogen) atoms. The molecule has 1 aromatic heterocycles. The fourth-order valence-corrected chi connectivity index (χ4v) is 2.68. The molecule has 2 rings (SSSR count). The molecule has 1 saturated heterocycles. The number of carbonyl (C=O) groups excluding carboxylic acids is 1. The largest absolute Gasteiger partial charge is 0.444 e. The van der Waals surface area contributed by atoms with Gasteiger partial charge in [-0.1, -0.05) is 5.10 Å². The number of hydrogen-bond acceptors (Lipinski definition) is 8. The number of rotatable bonds is 7. The van der Waals surface area contributed by atoms with E-state index in [1.807, 2.05) is 20.8 Å². The predicted octanol–water partition coefficient (Wildman–Crippen LogP) is 1.10. The molecule has 0 saturated carbocycles. The van der Waals surface area contributed by atoms with Gasteiger partial charge in [-0.3, -0.25) is 0 Å². The molecule has 0 aliphatic carbocycles. The summed E-state index contributed by atoms with van der Waals surface area (Å²) in [5, 5.41) is 14.8. The molecule has 0 bridgehead atoms. The average molecular weight is 356 g/mol. The standard InChI is InChI=1S/C15H28N6O4/c1-15(2,3)25-14(22)20-8-6-7-11(20)10-21-13(17-18-19-21)16-9-12(23-4)24-5/h11-12H,6-10H2,1-5H3,(H,16,17,19)/t11-/m0/s1. The maximum Gasteiger partial charge on any atom is 0.410 e. The Labute approximate surface area is 147 Å². The number of ether oxygens (including phenoxy) is 3. The zero-order valence-electron chi connectivity index (χ0n) is 15.6. The number of amides is 1. The fourth-order valence-electron chi connectivity index (χ4n) is 2.68. The summed E-state index contributed by atoms with van der Waals surface area (Å²) in [6, 6.07) is -0.000419. The summed E-state index contributed by atoms with van der Waals surface area (Å²) in [5.41, 5.74) is -0.513. The first kappa shape index (κ1) is 19.4. The minimum absolute atomic E-state index is 0.000419. The monoisotopic (exact) mass is 356 g/mol. The van der Waals surface area contributed by atoms with Crippen molar-refractivity contribution in [2.75, 3.05) is 32.6 Å². The van der Waals surface area contributed by atoms with E-state index in [4.69, 9.17) is 14.2 Å². The van der Waals surface area contributed by atoms with Crippen molar-refractivity contribution >= 4 is 12.0 Å². The maximum absolute atomic E-state index is 12.4. The molecular weight excluding hydrogens is 328 g/mol. The molecule has 0 radical (unpaired) electrons. The van der Waals surface area contributed by atoms with Crippen LogP contribution in [0.15, 0.2) is 0 Å². The van der Waals surface area contributed by atoms with Gasteiger partial charge in [0, 0.05) is 20.8 Å². The molecule has 1 aromatic rings. The van der Waals surface area contributed by atoms with Crippen molar-refractivity contribution in [3.63, 3.8) is 0 Å². The zero-order valence-corrected chi connectivity index (χ0v) is 15.6. The quantitative estimate of drug-likeness (QED) is 0.725. The summed E-state index contributed by atoms with van der Waals surface area (Å²) in [6.45, 7) is 7.18. The van der Waals surface area contributed by atoms with Crippen molar-refractivity contribution in [3.05, 3.63) is 0 Å². The molecule has 1 aliphatic rings. The molecular formula is C15H28N6O4. The zero-order chi connectivity index (χ0) is 18.4. The van der Waals surface area contributed by atoms with E-state index >= 15 is 0 Å².